The number of nitrogens with zero attached hydrogens (tertiary/aromatic N) is 7. The summed E-state index contributed by atoms with van der Waals surface area (Å²) in [5.74, 6) is 0.895. The molecule has 0 bridgehead atoms. The van der Waals surface area contributed by atoms with E-state index in [9.17, 15) is 10.4 Å². The molecule has 2 atom stereocenters. The molecule has 0 aromatic carbocycles. The lowest BCUT2D eigenvalue weighted by Crippen LogP contribution is -2.63. The number of ether oxygens (including phenoxy) is 2. The maximum Gasteiger partial charge on any atom is 0.323 e. The lowest BCUT2D eigenvalue weighted by molar-refractivity contribution is 0.0231. The highest BCUT2D eigenvalue weighted by atomic mass is 32.1. The number of fused-ring (bicyclic) bond motifs is 2. The SMILES string of the molecule is C[C@@]1(O)CCCN(c2nc(OCC3(CN4CCOCC4)CC3)nc(N3CC4(C3)c3c(sc(N)c3C#N)CC4F)n2)C1. The van der Waals surface area contributed by atoms with Gasteiger partial charge in [0.15, 0.2) is 0 Å². The minimum Gasteiger partial charge on any atom is -0.463 e. The van der Waals surface area contributed by atoms with Gasteiger partial charge in [-0.25, -0.2) is 4.39 Å². The number of aliphatic hydroxyl groups is 1. The van der Waals surface area contributed by atoms with Gasteiger partial charge >= 0.3 is 6.01 Å². The van der Waals surface area contributed by atoms with Gasteiger partial charge in [-0.05, 0) is 38.2 Å². The number of hydrogen-bond donors (Lipinski definition) is 2. The Balaban J connectivity index is 1.13. The van der Waals surface area contributed by atoms with Crippen LogP contribution < -0.4 is 20.3 Å². The number of nitriles is 1. The van der Waals surface area contributed by atoms with Crippen molar-refractivity contribution in [3.8, 4) is 12.1 Å². The molecule has 3 saturated heterocycles. The van der Waals surface area contributed by atoms with Crippen LogP contribution in [0.4, 0.5) is 21.3 Å². The van der Waals surface area contributed by atoms with Gasteiger partial charge in [0.2, 0.25) is 11.9 Å². The molecule has 3 aliphatic heterocycles. The Bertz CT molecular complexity index is 1360. The molecule has 2 aromatic rings. The average molecular weight is 585 g/mol. The number of halogens is 1. The van der Waals surface area contributed by atoms with Crippen molar-refractivity contribution >= 4 is 28.2 Å². The summed E-state index contributed by atoms with van der Waals surface area (Å²) in [5.41, 5.74) is 5.76. The first-order valence-electron chi connectivity index (χ1n) is 14.6. The van der Waals surface area contributed by atoms with E-state index in [2.05, 4.69) is 16.0 Å². The lowest BCUT2D eigenvalue weighted by atomic mass is 9.73. The molecule has 1 saturated carbocycles. The molecular weight excluding hydrogens is 547 g/mol. The van der Waals surface area contributed by atoms with Crippen molar-refractivity contribution < 1.29 is 19.0 Å². The van der Waals surface area contributed by atoms with Gasteiger partial charge in [-0.3, -0.25) is 4.90 Å². The third-order valence-electron chi connectivity index (χ3n) is 9.49. The van der Waals surface area contributed by atoms with Crippen LogP contribution in [0.25, 0.3) is 0 Å². The highest BCUT2D eigenvalue weighted by Crippen LogP contribution is 2.53. The topological polar surface area (TPSA) is 137 Å². The minimum absolute atomic E-state index is 0.0914. The average Bonchev–Trinajstić information content (AvgIpc) is 3.53. The minimum atomic E-state index is -1.09. The van der Waals surface area contributed by atoms with E-state index >= 15 is 4.39 Å². The first-order valence-corrected chi connectivity index (χ1v) is 15.4. The second-order valence-corrected chi connectivity index (χ2v) is 14.0. The quantitative estimate of drug-likeness (QED) is 0.494. The number of morpholine rings is 1. The highest BCUT2D eigenvalue weighted by Gasteiger charge is 2.58. The van der Waals surface area contributed by atoms with E-state index in [4.69, 9.17) is 25.2 Å². The maximum atomic E-state index is 15.5. The van der Waals surface area contributed by atoms with Gasteiger partial charge in [-0.2, -0.15) is 20.2 Å². The van der Waals surface area contributed by atoms with Crippen LogP contribution in [0.15, 0.2) is 0 Å². The van der Waals surface area contributed by atoms with E-state index in [0.29, 0.717) is 55.1 Å². The van der Waals surface area contributed by atoms with Crippen LogP contribution in [0.5, 0.6) is 6.01 Å². The second kappa shape index (κ2) is 9.90. The number of rotatable bonds is 7. The van der Waals surface area contributed by atoms with Gasteiger partial charge in [0.25, 0.3) is 0 Å². The van der Waals surface area contributed by atoms with Crippen LogP contribution in [0, 0.1) is 16.7 Å². The van der Waals surface area contributed by atoms with E-state index in [1.165, 1.54) is 11.3 Å². The fraction of sp³-hybridized carbons (Fsp3) is 0.714. The number of aromatic nitrogens is 3. The van der Waals surface area contributed by atoms with Crippen molar-refractivity contribution in [2.24, 2.45) is 5.41 Å². The van der Waals surface area contributed by atoms with Crippen LogP contribution in [0.1, 0.15) is 48.6 Å². The Labute approximate surface area is 243 Å². The van der Waals surface area contributed by atoms with Crippen LogP contribution in [0.2, 0.25) is 0 Å². The van der Waals surface area contributed by atoms with Gasteiger partial charge < -0.3 is 30.1 Å². The Hall–Kier alpha value is -2.79. The molecule has 0 amide bonds. The number of thiophene rings is 1. The molecule has 2 aliphatic carbocycles. The predicted octanol–water partition coefficient (Wildman–Crippen LogP) is 1.88. The zero-order chi connectivity index (χ0) is 28.4. The number of hydrogen-bond acceptors (Lipinski definition) is 12. The summed E-state index contributed by atoms with van der Waals surface area (Å²) in [6.07, 6.45) is 2.94. The summed E-state index contributed by atoms with van der Waals surface area (Å²) in [4.78, 5) is 21.4. The van der Waals surface area contributed by atoms with Crippen molar-refractivity contribution in [3.63, 3.8) is 0 Å². The third kappa shape index (κ3) is 4.88. The smallest absolute Gasteiger partial charge is 0.323 e. The summed E-state index contributed by atoms with van der Waals surface area (Å²) < 4.78 is 27.3. The van der Waals surface area contributed by atoms with Crippen LogP contribution >= 0.6 is 11.3 Å². The second-order valence-electron chi connectivity index (χ2n) is 12.9. The predicted molar refractivity (Wildman–Crippen MR) is 152 cm³/mol. The van der Waals surface area contributed by atoms with Gasteiger partial charge in [-0.15, -0.1) is 11.3 Å². The van der Waals surface area contributed by atoms with Crippen molar-refractivity contribution in [3.05, 3.63) is 16.0 Å². The van der Waals surface area contributed by atoms with Crippen molar-refractivity contribution in [1.29, 1.82) is 5.26 Å². The van der Waals surface area contributed by atoms with Crippen molar-refractivity contribution in [2.75, 3.05) is 81.2 Å². The molecule has 220 valence electrons. The summed E-state index contributed by atoms with van der Waals surface area (Å²) in [6, 6.07) is 2.46. The molecular formula is C28H37FN8O3S. The Morgan fingerprint density at radius 2 is 1.85 bits per heavy atom. The van der Waals surface area contributed by atoms with Gasteiger partial charge in [-0.1, -0.05) is 0 Å². The normalized spacial score (nSPS) is 28.3. The molecule has 1 spiro atoms. The zero-order valence-corrected chi connectivity index (χ0v) is 24.3. The van der Waals surface area contributed by atoms with E-state index in [-0.39, 0.29) is 17.8 Å². The molecule has 41 heavy (non-hydrogen) atoms. The summed E-state index contributed by atoms with van der Waals surface area (Å²) in [6.45, 7) is 8.57. The zero-order valence-electron chi connectivity index (χ0n) is 23.4. The molecule has 0 radical (unpaired) electrons. The number of nitrogen functional groups attached to an aromatic ring is 1. The van der Waals surface area contributed by atoms with Gasteiger partial charge in [0.05, 0.1) is 36.4 Å². The van der Waals surface area contributed by atoms with E-state index in [1.807, 2.05) is 16.7 Å². The van der Waals surface area contributed by atoms with Crippen LogP contribution in [-0.4, -0.2) is 102 Å². The molecule has 11 nitrogen and oxygen atoms in total. The molecule has 3 N–H and O–H groups in total. The fourth-order valence-electron chi connectivity index (χ4n) is 6.98. The van der Waals surface area contributed by atoms with Gasteiger partial charge in [0, 0.05) is 62.5 Å². The fourth-order valence-corrected chi connectivity index (χ4v) is 8.13. The lowest BCUT2D eigenvalue weighted by Gasteiger charge is -2.49. The molecule has 13 heteroatoms. The highest BCUT2D eigenvalue weighted by molar-refractivity contribution is 7.16. The number of β-amino-alcohol motifs (C(OH)–C–C–N with tert-alkyl or cyclic N) is 1. The number of piperidine rings is 1. The molecule has 1 unspecified atom stereocenters. The van der Waals surface area contributed by atoms with Gasteiger partial charge in [0.1, 0.15) is 17.2 Å². The van der Waals surface area contributed by atoms with Crippen molar-refractivity contribution in [2.45, 2.75) is 56.2 Å². The molecule has 7 rings (SSSR count). The van der Waals surface area contributed by atoms with E-state index in [0.717, 1.165) is 69.1 Å². The summed E-state index contributed by atoms with van der Waals surface area (Å²) in [5, 5.41) is 21.0. The Morgan fingerprint density at radius 3 is 2.54 bits per heavy atom. The summed E-state index contributed by atoms with van der Waals surface area (Å²) >= 11 is 1.33. The maximum absolute atomic E-state index is 15.5. The third-order valence-corrected chi connectivity index (χ3v) is 10.5. The number of anilines is 3. The number of nitrogens with two attached hydrogens (primary N) is 1. The molecule has 5 aliphatic rings. The number of alkyl halides is 1. The Kier molecular flexibility index (Phi) is 6.53. The van der Waals surface area contributed by atoms with E-state index < -0.39 is 17.2 Å². The largest absolute Gasteiger partial charge is 0.463 e. The van der Waals surface area contributed by atoms with E-state index in [1.54, 1.807) is 0 Å². The standard InChI is InChI=1S/C28H37FN8O3S/c1-26(38)3-2-6-36(13-26)23-32-24(34-25(33-23)40-17-27(4-5-27)14-35-7-9-39-10-8-35)37-15-28(16-37)20(29)11-19-21(28)18(12-30)22(31)41-19/h20,38H,2-11,13-17,31H2,1H3/t20?,26-/m1/s1. The molecule has 5 heterocycles. The van der Waals surface area contributed by atoms with Crippen LogP contribution in [0.3, 0.4) is 0 Å². The molecule has 2 aromatic heterocycles. The summed E-state index contributed by atoms with van der Waals surface area (Å²) in [7, 11) is 0. The van der Waals surface area contributed by atoms with Crippen molar-refractivity contribution in [1.82, 2.24) is 19.9 Å². The molecule has 4 fully saturated rings. The Morgan fingerprint density at radius 1 is 1.12 bits per heavy atom. The first-order chi connectivity index (χ1) is 19.7. The van der Waals surface area contributed by atoms with Crippen LogP contribution in [-0.2, 0) is 16.6 Å². The first kappa shape index (κ1) is 27.1. The monoisotopic (exact) mass is 584 g/mol.